The highest BCUT2D eigenvalue weighted by Crippen LogP contribution is 2.39. The van der Waals surface area contributed by atoms with Gasteiger partial charge in [-0.2, -0.15) is 0 Å². The number of ether oxygens (including phenoxy) is 1. The molecule has 1 aromatic carbocycles. The van der Waals surface area contributed by atoms with Gasteiger partial charge >= 0.3 is 19.8 Å². The molecule has 0 fully saturated rings. The van der Waals surface area contributed by atoms with Gasteiger partial charge in [0.25, 0.3) is 5.91 Å². The predicted octanol–water partition coefficient (Wildman–Crippen LogP) is 5.21. The third-order valence-electron chi connectivity index (χ3n) is 7.69. The molecule has 0 aliphatic carbocycles. The summed E-state index contributed by atoms with van der Waals surface area (Å²) in [6.45, 7) is 14.2. The van der Waals surface area contributed by atoms with E-state index in [9.17, 15) is 28.8 Å². The number of phosphoric acid groups is 1. The number of nitrogens with one attached hydrogen (secondary N) is 1. The van der Waals surface area contributed by atoms with Crippen LogP contribution in [0.4, 0.5) is 0 Å². The number of phosphoric ester groups is 1. The van der Waals surface area contributed by atoms with Gasteiger partial charge in [-0.3, -0.25) is 29.0 Å². The third-order valence-corrected chi connectivity index (χ3v) is 9.06. The Morgan fingerprint density at radius 1 is 1.15 bits per heavy atom. The van der Waals surface area contributed by atoms with Crippen molar-refractivity contribution in [3.8, 4) is 5.75 Å². The molecule has 13 nitrogen and oxygen atoms in total. The largest absolute Gasteiger partial charge is 0.524 e. The molecule has 1 heterocycles. The molecule has 260 valence electrons. The number of carbonyl (C=O) groups is 4. The Hall–Kier alpha value is -3.58. The summed E-state index contributed by atoms with van der Waals surface area (Å²) in [5.41, 5.74) is 2.00. The number of aromatic nitrogens is 1. The van der Waals surface area contributed by atoms with Crippen molar-refractivity contribution in [3.63, 3.8) is 0 Å². The van der Waals surface area contributed by atoms with Crippen LogP contribution >= 0.6 is 19.2 Å². The van der Waals surface area contributed by atoms with Crippen molar-refractivity contribution in [2.24, 2.45) is 11.8 Å². The summed E-state index contributed by atoms with van der Waals surface area (Å²) in [7, 11) is -3.05. The Bertz CT molecular complexity index is 1490. The molecule has 0 saturated heterocycles. The fourth-order valence-corrected chi connectivity index (χ4v) is 6.32. The molecule has 2 aromatic rings. The zero-order valence-corrected chi connectivity index (χ0v) is 29.6. The fourth-order valence-electron chi connectivity index (χ4n) is 5.02. The lowest BCUT2D eigenvalue weighted by Crippen LogP contribution is -2.41. The molecule has 0 radical (unpaired) electrons. The maximum atomic E-state index is 13.4. The van der Waals surface area contributed by atoms with Crippen molar-refractivity contribution in [1.82, 2.24) is 15.2 Å². The van der Waals surface area contributed by atoms with Crippen LogP contribution in [0.3, 0.4) is 0 Å². The van der Waals surface area contributed by atoms with E-state index in [1.165, 1.54) is 25.3 Å². The number of carboxylic acid groups (broad SMARTS) is 1. The minimum atomic E-state index is -4.76. The van der Waals surface area contributed by atoms with Crippen LogP contribution in [-0.4, -0.2) is 67.7 Å². The Balaban J connectivity index is 2.30. The van der Waals surface area contributed by atoms with Gasteiger partial charge in [0.15, 0.2) is 6.10 Å². The Morgan fingerprint density at radius 3 is 2.34 bits per heavy atom. The van der Waals surface area contributed by atoms with Crippen molar-refractivity contribution in [1.29, 1.82) is 0 Å². The lowest BCUT2D eigenvalue weighted by molar-refractivity contribution is -0.148. The van der Waals surface area contributed by atoms with Gasteiger partial charge in [-0.05, 0) is 49.3 Å². The highest BCUT2D eigenvalue weighted by atomic mass is 32.1. The van der Waals surface area contributed by atoms with Gasteiger partial charge in [0.2, 0.25) is 5.91 Å². The van der Waals surface area contributed by atoms with E-state index in [0.717, 1.165) is 16.9 Å². The summed E-state index contributed by atoms with van der Waals surface area (Å²) >= 11 is 1.14. The summed E-state index contributed by atoms with van der Waals surface area (Å²) in [6.07, 6.45) is 0.635. The van der Waals surface area contributed by atoms with Gasteiger partial charge in [0.05, 0.1) is 5.92 Å². The number of hydrogen-bond donors (Lipinski definition) is 4. The molecule has 0 aliphatic heterocycles. The summed E-state index contributed by atoms with van der Waals surface area (Å²) in [5, 5.41) is 14.3. The van der Waals surface area contributed by atoms with Crippen molar-refractivity contribution in [3.05, 3.63) is 57.6 Å². The zero-order chi connectivity index (χ0) is 35.6. The number of amides is 2. The molecule has 4 N–H and O–H groups in total. The van der Waals surface area contributed by atoms with E-state index in [1.807, 2.05) is 20.8 Å². The van der Waals surface area contributed by atoms with E-state index in [4.69, 9.17) is 19.0 Å². The van der Waals surface area contributed by atoms with E-state index in [1.54, 1.807) is 31.0 Å². The number of hydrogen-bond acceptors (Lipinski definition) is 9. The van der Waals surface area contributed by atoms with Crippen LogP contribution in [0, 0.1) is 18.8 Å². The normalized spacial score (nSPS) is 14.1. The minimum Gasteiger partial charge on any atom is -0.481 e. The number of esters is 1. The lowest BCUT2D eigenvalue weighted by Gasteiger charge is -2.33. The van der Waals surface area contributed by atoms with Crippen molar-refractivity contribution >= 4 is 42.9 Å². The van der Waals surface area contributed by atoms with Gasteiger partial charge < -0.3 is 24.6 Å². The first-order valence-corrected chi connectivity index (χ1v) is 17.6. The van der Waals surface area contributed by atoms with Crippen LogP contribution in [0.2, 0.25) is 0 Å². The minimum absolute atomic E-state index is 0.000546. The van der Waals surface area contributed by atoms with E-state index in [-0.39, 0.29) is 55.0 Å². The number of benzene rings is 1. The van der Waals surface area contributed by atoms with Crippen molar-refractivity contribution in [2.45, 2.75) is 91.8 Å². The molecule has 15 heteroatoms. The van der Waals surface area contributed by atoms with Gasteiger partial charge in [-0.15, -0.1) is 11.3 Å². The smallest absolute Gasteiger partial charge is 0.481 e. The molecule has 0 aliphatic rings. The number of thiazole rings is 1. The van der Waals surface area contributed by atoms with Gasteiger partial charge in [0, 0.05) is 44.3 Å². The highest BCUT2D eigenvalue weighted by Gasteiger charge is 2.31. The van der Waals surface area contributed by atoms with Crippen LogP contribution in [-0.2, 0) is 30.1 Å². The molecule has 4 atom stereocenters. The van der Waals surface area contributed by atoms with Crippen LogP contribution < -0.4 is 9.84 Å². The highest BCUT2D eigenvalue weighted by molar-refractivity contribution is 7.46. The molecule has 47 heavy (non-hydrogen) atoms. The number of aliphatic carboxylic acids is 1. The zero-order valence-electron chi connectivity index (χ0n) is 27.9. The third kappa shape index (κ3) is 12.9. The van der Waals surface area contributed by atoms with E-state index in [0.29, 0.717) is 22.6 Å². The number of nitrogens with zero attached hydrogens (tertiary/aromatic N) is 2. The van der Waals surface area contributed by atoms with Crippen LogP contribution in [0.1, 0.15) is 93.0 Å². The second kappa shape index (κ2) is 17.5. The molecule has 1 unspecified atom stereocenters. The number of carbonyl (C=O) groups excluding carboxylic acids is 3. The first-order chi connectivity index (χ1) is 21.8. The molecule has 2 rings (SSSR count). The lowest BCUT2D eigenvalue weighted by atomic mass is 9.95. The van der Waals surface area contributed by atoms with E-state index < -0.39 is 43.7 Å². The summed E-state index contributed by atoms with van der Waals surface area (Å²) in [4.78, 5) is 74.5. The topological polar surface area (TPSA) is 193 Å². The molecule has 0 bridgehead atoms. The first kappa shape index (κ1) is 39.6. The average molecular weight is 696 g/mol. The molecule has 0 spiro atoms. The van der Waals surface area contributed by atoms with E-state index in [2.05, 4.69) is 16.9 Å². The van der Waals surface area contributed by atoms with Gasteiger partial charge in [-0.1, -0.05) is 52.0 Å². The van der Waals surface area contributed by atoms with Crippen LogP contribution in [0.5, 0.6) is 5.75 Å². The fraction of sp³-hybridized carbons (Fsp3) is 0.531. The maximum Gasteiger partial charge on any atom is 0.524 e. The average Bonchev–Trinajstić information content (AvgIpc) is 3.45. The van der Waals surface area contributed by atoms with Crippen molar-refractivity contribution in [2.75, 3.05) is 7.05 Å². The Kier molecular flexibility index (Phi) is 14.8. The number of aryl methyl sites for hydroxylation is 1. The number of rotatable bonds is 18. The molecular formula is C32H46N3O10PS. The number of carboxylic acids is 1. The van der Waals surface area contributed by atoms with Gasteiger partial charge in [0.1, 0.15) is 16.5 Å². The SMILES string of the molecule is C=C(CC)CC(=O)N(C)[C@H](C[C@@H](OC(C)=O)c1nc(C(=O)N[C@@H](Cc2ccc(OP(=O)(O)O)c(C)c2)CC(C)C(=O)O)cs1)C(C)C. The predicted molar refractivity (Wildman–Crippen MR) is 177 cm³/mol. The Labute approximate surface area is 279 Å². The molecular weight excluding hydrogens is 649 g/mol. The standard InChI is InChI=1S/C32H46N3O10PS/c1-9-19(4)12-29(37)35(8)26(18(2)3)16-28(44-22(7)36)31-34-25(17-47-31)30(38)33-24(14-21(6)32(39)40)15-23-10-11-27(20(5)13-23)45-46(41,42)43/h10-11,13,17-18,21,24,26,28H,4,9,12,14-16H2,1-3,5-8H3,(H,33,38)(H,39,40)(H2,41,42,43)/t21?,24-,26-,28-/m1/s1. The summed E-state index contributed by atoms with van der Waals surface area (Å²) in [6, 6.07) is 3.68. The quantitative estimate of drug-likeness (QED) is 0.0909. The Morgan fingerprint density at radius 2 is 1.81 bits per heavy atom. The van der Waals surface area contributed by atoms with Gasteiger partial charge in [-0.25, -0.2) is 9.55 Å². The molecule has 0 saturated carbocycles. The monoisotopic (exact) mass is 695 g/mol. The maximum absolute atomic E-state index is 13.4. The second-order valence-corrected chi connectivity index (χ2v) is 14.1. The second-order valence-electron chi connectivity index (χ2n) is 12.0. The summed E-state index contributed by atoms with van der Waals surface area (Å²) in [5.74, 6) is -3.01. The van der Waals surface area contributed by atoms with E-state index >= 15 is 0 Å². The molecule has 2 amide bonds. The first-order valence-electron chi connectivity index (χ1n) is 15.2. The molecule has 1 aromatic heterocycles. The van der Waals surface area contributed by atoms with Crippen LogP contribution in [0.15, 0.2) is 35.7 Å². The summed E-state index contributed by atoms with van der Waals surface area (Å²) < 4.78 is 21.6. The van der Waals surface area contributed by atoms with Crippen molar-refractivity contribution < 1.29 is 47.9 Å². The van der Waals surface area contributed by atoms with Crippen LogP contribution in [0.25, 0.3) is 0 Å².